The lowest BCUT2D eigenvalue weighted by atomic mass is 10.3. The van der Waals surface area contributed by atoms with Crippen LogP contribution in [-0.2, 0) is 13.6 Å². The van der Waals surface area contributed by atoms with E-state index in [9.17, 15) is 14.7 Å². The minimum absolute atomic E-state index is 0.0177. The highest BCUT2D eigenvalue weighted by Crippen LogP contribution is 2.24. The molecular weight excluding hydrogens is 436 g/mol. The lowest BCUT2D eigenvalue weighted by Crippen LogP contribution is -2.47. The smallest absolute Gasteiger partial charge is 0.329 e. The van der Waals surface area contributed by atoms with Crippen LogP contribution in [0.5, 0.6) is 5.75 Å². The topological polar surface area (TPSA) is 109 Å². The zero-order valence-electron chi connectivity index (χ0n) is 18.1. The van der Waals surface area contributed by atoms with Crippen molar-refractivity contribution in [1.29, 1.82) is 0 Å². The van der Waals surface area contributed by atoms with Gasteiger partial charge in [-0.15, -0.1) is 0 Å². The van der Waals surface area contributed by atoms with Crippen LogP contribution >= 0.6 is 11.6 Å². The maximum Gasteiger partial charge on any atom is 0.329 e. The number of aryl methyl sites for hydroxylation is 1. The number of fused-ring (bicyclic) bond motifs is 1. The second kappa shape index (κ2) is 9.35. The van der Waals surface area contributed by atoms with E-state index in [2.05, 4.69) is 26.7 Å². The Bertz CT molecular complexity index is 1210. The van der Waals surface area contributed by atoms with Gasteiger partial charge in [0, 0.05) is 33.2 Å². The van der Waals surface area contributed by atoms with Crippen LogP contribution in [-0.4, -0.2) is 74.5 Å². The van der Waals surface area contributed by atoms with E-state index >= 15 is 0 Å². The van der Waals surface area contributed by atoms with Gasteiger partial charge in [0.25, 0.3) is 5.56 Å². The molecule has 4 rings (SSSR count). The predicted octanol–water partition coefficient (Wildman–Crippen LogP) is 0.659. The Morgan fingerprint density at radius 2 is 1.94 bits per heavy atom. The molecular formula is C21H27ClN6O4. The standard InChI is InChI=1S/C21H27ClN6O4/c1-3-26-8-10-27(11-9-26)20-23-18-17(19(30)24-21(31)25(18)2)28(20)12-14(29)13-32-16-7-5-4-6-15(16)22/h4-7,14,29H,3,8-13H2,1-2H3,(H,24,30,31)/t14-/m1/s1. The molecule has 10 nitrogen and oxygen atoms in total. The molecule has 0 amide bonds. The number of hydrogen-bond acceptors (Lipinski definition) is 7. The van der Waals surface area contributed by atoms with Crippen molar-refractivity contribution in [2.24, 2.45) is 7.05 Å². The number of anilines is 1. The van der Waals surface area contributed by atoms with E-state index < -0.39 is 17.4 Å². The summed E-state index contributed by atoms with van der Waals surface area (Å²) in [4.78, 5) is 36.2. The number of ether oxygens (including phenoxy) is 1. The van der Waals surface area contributed by atoms with Gasteiger partial charge >= 0.3 is 5.69 Å². The van der Waals surface area contributed by atoms with Crippen molar-refractivity contribution in [1.82, 2.24) is 24.0 Å². The number of halogens is 1. The number of nitrogens with zero attached hydrogens (tertiary/aromatic N) is 5. The zero-order valence-corrected chi connectivity index (χ0v) is 18.9. The first-order valence-corrected chi connectivity index (χ1v) is 11.0. The molecule has 0 spiro atoms. The molecule has 2 aromatic heterocycles. The lowest BCUT2D eigenvalue weighted by Gasteiger charge is -2.35. The number of aromatic nitrogens is 4. The summed E-state index contributed by atoms with van der Waals surface area (Å²) < 4.78 is 8.66. The maximum absolute atomic E-state index is 12.7. The van der Waals surface area contributed by atoms with Crippen molar-refractivity contribution < 1.29 is 9.84 Å². The summed E-state index contributed by atoms with van der Waals surface area (Å²) in [6, 6.07) is 7.02. The average Bonchev–Trinajstić information content (AvgIpc) is 3.17. The summed E-state index contributed by atoms with van der Waals surface area (Å²) in [6.07, 6.45) is -0.934. The van der Waals surface area contributed by atoms with Crippen molar-refractivity contribution >= 4 is 28.7 Å². The Kier molecular flexibility index (Phi) is 6.54. The lowest BCUT2D eigenvalue weighted by molar-refractivity contribution is 0.0936. The van der Waals surface area contributed by atoms with Crippen LogP contribution in [0, 0.1) is 0 Å². The highest BCUT2D eigenvalue weighted by Gasteiger charge is 2.25. The number of nitrogens with one attached hydrogen (secondary N) is 1. The number of hydrogen-bond donors (Lipinski definition) is 2. The Labute approximate surface area is 189 Å². The van der Waals surface area contributed by atoms with Gasteiger partial charge in [-0.25, -0.2) is 4.79 Å². The van der Waals surface area contributed by atoms with Crippen LogP contribution in [0.25, 0.3) is 11.2 Å². The maximum atomic E-state index is 12.7. The Morgan fingerprint density at radius 1 is 1.22 bits per heavy atom. The van der Waals surface area contributed by atoms with E-state index in [4.69, 9.17) is 16.3 Å². The molecule has 3 heterocycles. The molecule has 32 heavy (non-hydrogen) atoms. The van der Waals surface area contributed by atoms with Crippen LogP contribution in [0.3, 0.4) is 0 Å². The minimum atomic E-state index is -0.934. The largest absolute Gasteiger partial charge is 0.489 e. The average molecular weight is 463 g/mol. The van der Waals surface area contributed by atoms with Crippen molar-refractivity contribution in [2.45, 2.75) is 19.6 Å². The second-order valence-electron chi connectivity index (χ2n) is 7.83. The molecule has 1 aliphatic rings. The van der Waals surface area contributed by atoms with E-state index in [1.807, 2.05) is 0 Å². The van der Waals surface area contributed by atoms with Gasteiger partial charge in [-0.2, -0.15) is 4.98 Å². The minimum Gasteiger partial charge on any atom is -0.489 e. The van der Waals surface area contributed by atoms with E-state index in [0.717, 1.165) is 32.7 Å². The van der Waals surface area contributed by atoms with Crippen molar-refractivity contribution in [2.75, 3.05) is 44.2 Å². The van der Waals surface area contributed by atoms with Gasteiger partial charge in [-0.1, -0.05) is 30.7 Å². The molecule has 3 aromatic rings. The van der Waals surface area contributed by atoms with Gasteiger partial charge in [0.05, 0.1) is 11.6 Å². The number of H-pyrrole nitrogens is 1. The molecule has 2 N–H and O–H groups in total. The third-order valence-corrected chi connectivity index (χ3v) is 6.06. The van der Waals surface area contributed by atoms with E-state index in [1.54, 1.807) is 35.9 Å². The van der Waals surface area contributed by atoms with Gasteiger partial charge in [0.15, 0.2) is 11.2 Å². The number of benzene rings is 1. The van der Waals surface area contributed by atoms with Gasteiger partial charge < -0.3 is 24.2 Å². The quantitative estimate of drug-likeness (QED) is 0.531. The number of likely N-dealkylation sites (N-methyl/N-ethyl adjacent to an activating group) is 1. The first kappa shape index (κ1) is 22.4. The van der Waals surface area contributed by atoms with Crippen LogP contribution < -0.4 is 20.9 Å². The summed E-state index contributed by atoms with van der Waals surface area (Å²) in [5.41, 5.74) is -0.534. The molecule has 0 bridgehead atoms. The predicted molar refractivity (Wildman–Crippen MR) is 123 cm³/mol. The van der Waals surface area contributed by atoms with Crippen molar-refractivity contribution in [3.05, 3.63) is 50.1 Å². The highest BCUT2D eigenvalue weighted by molar-refractivity contribution is 6.32. The first-order valence-electron chi connectivity index (χ1n) is 10.6. The Balaban J connectivity index is 1.65. The van der Waals surface area contributed by atoms with Crippen LogP contribution in [0.1, 0.15) is 6.92 Å². The molecule has 1 fully saturated rings. The number of aliphatic hydroxyl groups excluding tert-OH is 1. The molecule has 11 heteroatoms. The van der Waals surface area contributed by atoms with E-state index in [1.165, 1.54) is 4.57 Å². The fourth-order valence-corrected chi connectivity index (χ4v) is 4.10. The monoisotopic (exact) mass is 462 g/mol. The molecule has 0 saturated carbocycles. The zero-order chi connectivity index (χ0) is 22.8. The van der Waals surface area contributed by atoms with Gasteiger partial charge in [-0.3, -0.25) is 14.3 Å². The SMILES string of the molecule is CCN1CCN(c2nc3c(c(=O)[nH]c(=O)n3C)n2C[C@@H](O)COc2ccccc2Cl)CC1. The normalized spacial score (nSPS) is 15.9. The van der Waals surface area contributed by atoms with E-state index in [-0.39, 0.29) is 24.3 Å². The number of aromatic amines is 1. The summed E-state index contributed by atoms with van der Waals surface area (Å²) in [7, 11) is 1.56. The third kappa shape index (κ3) is 4.38. The summed E-state index contributed by atoms with van der Waals surface area (Å²) >= 11 is 6.12. The third-order valence-electron chi connectivity index (χ3n) is 5.75. The second-order valence-corrected chi connectivity index (χ2v) is 8.24. The number of piperazine rings is 1. The Morgan fingerprint density at radius 3 is 2.62 bits per heavy atom. The molecule has 0 unspecified atom stereocenters. The van der Waals surface area contributed by atoms with Gasteiger partial charge in [-0.05, 0) is 18.7 Å². The Hall–Kier alpha value is -2.82. The first-order chi connectivity index (χ1) is 15.4. The van der Waals surface area contributed by atoms with Gasteiger partial charge in [0.1, 0.15) is 18.5 Å². The van der Waals surface area contributed by atoms with Crippen LogP contribution in [0.2, 0.25) is 5.02 Å². The number of rotatable bonds is 7. The van der Waals surface area contributed by atoms with Crippen LogP contribution in [0.4, 0.5) is 5.95 Å². The molecule has 172 valence electrons. The fourth-order valence-electron chi connectivity index (χ4n) is 3.91. The molecule has 0 aliphatic carbocycles. The summed E-state index contributed by atoms with van der Waals surface area (Å²) in [5, 5.41) is 11.2. The number of aliphatic hydroxyl groups is 1. The van der Waals surface area contributed by atoms with Crippen molar-refractivity contribution in [3.63, 3.8) is 0 Å². The van der Waals surface area contributed by atoms with Crippen LogP contribution in [0.15, 0.2) is 33.9 Å². The summed E-state index contributed by atoms with van der Waals surface area (Å²) in [6.45, 7) is 6.35. The molecule has 1 saturated heterocycles. The molecule has 1 aliphatic heterocycles. The molecule has 1 atom stereocenters. The van der Waals surface area contributed by atoms with E-state index in [0.29, 0.717) is 16.7 Å². The molecule has 0 radical (unpaired) electrons. The number of para-hydroxylation sites is 1. The molecule has 1 aromatic carbocycles. The fraction of sp³-hybridized carbons (Fsp3) is 0.476. The highest BCUT2D eigenvalue weighted by atomic mass is 35.5. The van der Waals surface area contributed by atoms with Gasteiger partial charge in [0.2, 0.25) is 5.95 Å². The number of imidazole rings is 1. The van der Waals surface area contributed by atoms with Crippen molar-refractivity contribution in [3.8, 4) is 5.75 Å². The summed E-state index contributed by atoms with van der Waals surface area (Å²) in [5.74, 6) is 1.03.